The van der Waals surface area contributed by atoms with E-state index in [-0.39, 0.29) is 16.3 Å². The maximum atomic E-state index is 12.0. The number of hydrogen-bond acceptors (Lipinski definition) is 5. The number of halogens is 1. The Hall–Kier alpha value is -1.70. The van der Waals surface area contributed by atoms with Gasteiger partial charge in [-0.25, -0.2) is 0 Å². The number of hydrogen-bond donors (Lipinski definition) is 1. The van der Waals surface area contributed by atoms with Crippen LogP contribution in [0, 0.1) is 10.1 Å². The molecule has 0 atom stereocenters. The molecule has 21 heavy (non-hydrogen) atoms. The second-order valence-corrected chi connectivity index (χ2v) is 4.98. The lowest BCUT2D eigenvalue weighted by molar-refractivity contribution is -0.384. The minimum Gasteiger partial charge on any atom is -0.379 e. The summed E-state index contributed by atoms with van der Waals surface area (Å²) in [6, 6.07) is 4.19. The van der Waals surface area contributed by atoms with E-state index in [0.717, 1.165) is 13.1 Å². The molecular weight excluding hydrogens is 298 g/mol. The molecule has 0 saturated carbocycles. The van der Waals surface area contributed by atoms with Gasteiger partial charge in [-0.3, -0.25) is 19.8 Å². The Balaban J connectivity index is 1.91. The average molecular weight is 314 g/mol. The van der Waals surface area contributed by atoms with Crippen LogP contribution in [-0.4, -0.2) is 55.1 Å². The number of rotatable bonds is 5. The normalized spacial score (nSPS) is 15.7. The quantitative estimate of drug-likeness (QED) is 0.654. The van der Waals surface area contributed by atoms with Crippen molar-refractivity contribution in [2.75, 3.05) is 39.4 Å². The summed E-state index contributed by atoms with van der Waals surface area (Å²) in [6.07, 6.45) is 0. The van der Waals surface area contributed by atoms with Crippen molar-refractivity contribution in [1.82, 2.24) is 10.2 Å². The van der Waals surface area contributed by atoms with E-state index in [0.29, 0.717) is 26.3 Å². The largest absolute Gasteiger partial charge is 0.379 e. The van der Waals surface area contributed by atoms with Gasteiger partial charge in [-0.05, 0) is 6.07 Å². The fourth-order valence-electron chi connectivity index (χ4n) is 2.08. The molecule has 1 aromatic rings. The summed E-state index contributed by atoms with van der Waals surface area (Å²) < 4.78 is 5.24. The Morgan fingerprint density at radius 1 is 1.43 bits per heavy atom. The first-order valence-electron chi connectivity index (χ1n) is 6.61. The van der Waals surface area contributed by atoms with Crippen LogP contribution in [0.4, 0.5) is 5.69 Å². The third-order valence-electron chi connectivity index (χ3n) is 3.24. The topological polar surface area (TPSA) is 84.7 Å². The smallest absolute Gasteiger partial charge is 0.288 e. The van der Waals surface area contributed by atoms with Crippen LogP contribution in [0.15, 0.2) is 18.2 Å². The van der Waals surface area contributed by atoms with E-state index in [9.17, 15) is 14.9 Å². The molecule has 0 aliphatic carbocycles. The van der Waals surface area contributed by atoms with E-state index >= 15 is 0 Å². The van der Waals surface area contributed by atoms with Gasteiger partial charge in [-0.15, -0.1) is 0 Å². The lowest BCUT2D eigenvalue weighted by Gasteiger charge is -2.26. The number of benzene rings is 1. The SMILES string of the molecule is O=C(NCCN1CCOCC1)c1cccc([N+](=O)[O-])c1Cl. The number of amides is 1. The summed E-state index contributed by atoms with van der Waals surface area (Å²) in [6.45, 7) is 4.25. The second kappa shape index (κ2) is 7.35. The van der Waals surface area contributed by atoms with Gasteiger partial charge in [-0.1, -0.05) is 17.7 Å². The van der Waals surface area contributed by atoms with Gasteiger partial charge in [0.25, 0.3) is 11.6 Å². The van der Waals surface area contributed by atoms with Crippen molar-refractivity contribution in [2.24, 2.45) is 0 Å². The van der Waals surface area contributed by atoms with Gasteiger partial charge in [0.2, 0.25) is 0 Å². The maximum absolute atomic E-state index is 12.0. The molecule has 8 heteroatoms. The monoisotopic (exact) mass is 313 g/mol. The first-order chi connectivity index (χ1) is 10.1. The number of nitro groups is 1. The van der Waals surface area contributed by atoms with E-state index < -0.39 is 10.8 Å². The maximum Gasteiger partial charge on any atom is 0.288 e. The Labute approximate surface area is 127 Å². The van der Waals surface area contributed by atoms with E-state index in [2.05, 4.69) is 10.2 Å². The molecule has 0 aromatic heterocycles. The summed E-state index contributed by atoms with van der Waals surface area (Å²) in [5, 5.41) is 13.4. The molecular formula is C13H16ClN3O4. The van der Waals surface area contributed by atoms with Crippen molar-refractivity contribution >= 4 is 23.2 Å². The summed E-state index contributed by atoms with van der Waals surface area (Å²) in [5.74, 6) is -0.406. The molecule has 1 aliphatic rings. The molecule has 1 N–H and O–H groups in total. The number of ether oxygens (including phenoxy) is 1. The molecule has 1 heterocycles. The minimum atomic E-state index is -0.604. The van der Waals surface area contributed by atoms with Gasteiger partial charge < -0.3 is 10.1 Å². The fourth-order valence-corrected chi connectivity index (χ4v) is 2.36. The van der Waals surface area contributed by atoms with Crippen LogP contribution < -0.4 is 5.32 Å². The third kappa shape index (κ3) is 4.13. The van der Waals surface area contributed by atoms with Crippen molar-refractivity contribution in [2.45, 2.75) is 0 Å². The molecule has 0 unspecified atom stereocenters. The Morgan fingerprint density at radius 3 is 2.81 bits per heavy atom. The van der Waals surface area contributed by atoms with Crippen molar-refractivity contribution < 1.29 is 14.5 Å². The van der Waals surface area contributed by atoms with E-state index in [1.165, 1.54) is 18.2 Å². The van der Waals surface area contributed by atoms with Crippen molar-refractivity contribution in [3.63, 3.8) is 0 Å². The highest BCUT2D eigenvalue weighted by Gasteiger charge is 2.19. The van der Waals surface area contributed by atoms with Crippen LogP contribution in [0.3, 0.4) is 0 Å². The van der Waals surface area contributed by atoms with Gasteiger partial charge >= 0.3 is 0 Å². The lowest BCUT2D eigenvalue weighted by atomic mass is 10.2. The Morgan fingerprint density at radius 2 is 2.14 bits per heavy atom. The van der Waals surface area contributed by atoms with Crippen molar-refractivity contribution in [3.8, 4) is 0 Å². The Kier molecular flexibility index (Phi) is 5.49. The van der Waals surface area contributed by atoms with Crippen LogP contribution in [0.1, 0.15) is 10.4 Å². The number of nitrogens with one attached hydrogen (secondary N) is 1. The summed E-state index contributed by atoms with van der Waals surface area (Å²) in [4.78, 5) is 24.4. The van der Waals surface area contributed by atoms with E-state index in [1.807, 2.05) is 0 Å². The van der Waals surface area contributed by atoms with Gasteiger partial charge in [0.1, 0.15) is 5.02 Å². The second-order valence-electron chi connectivity index (χ2n) is 4.61. The zero-order chi connectivity index (χ0) is 15.2. The highest BCUT2D eigenvalue weighted by Crippen LogP contribution is 2.27. The first kappa shape index (κ1) is 15.7. The lowest BCUT2D eigenvalue weighted by Crippen LogP contribution is -2.41. The molecule has 114 valence electrons. The number of carbonyl (C=O) groups is 1. The summed E-state index contributed by atoms with van der Waals surface area (Å²) in [7, 11) is 0. The van der Waals surface area contributed by atoms with Crippen LogP contribution in [0.5, 0.6) is 0 Å². The zero-order valence-electron chi connectivity index (χ0n) is 11.4. The summed E-state index contributed by atoms with van der Waals surface area (Å²) >= 11 is 5.90. The van der Waals surface area contributed by atoms with Crippen LogP contribution >= 0.6 is 11.6 Å². The predicted molar refractivity (Wildman–Crippen MR) is 77.7 cm³/mol. The van der Waals surface area contributed by atoms with Crippen LogP contribution in [0.25, 0.3) is 0 Å². The average Bonchev–Trinajstić information content (AvgIpc) is 2.48. The van der Waals surface area contributed by atoms with Crippen LogP contribution in [-0.2, 0) is 4.74 Å². The molecule has 0 bridgehead atoms. The van der Waals surface area contributed by atoms with Gasteiger partial charge in [0, 0.05) is 32.2 Å². The summed E-state index contributed by atoms with van der Waals surface area (Å²) in [5.41, 5.74) is -0.148. The molecule has 1 aliphatic heterocycles. The highest BCUT2D eigenvalue weighted by atomic mass is 35.5. The third-order valence-corrected chi connectivity index (χ3v) is 3.63. The molecule has 1 fully saturated rings. The van der Waals surface area contributed by atoms with Crippen molar-refractivity contribution in [1.29, 1.82) is 0 Å². The number of carbonyl (C=O) groups excluding carboxylic acids is 1. The first-order valence-corrected chi connectivity index (χ1v) is 6.98. The zero-order valence-corrected chi connectivity index (χ0v) is 12.1. The molecule has 7 nitrogen and oxygen atoms in total. The van der Waals surface area contributed by atoms with Crippen molar-refractivity contribution in [3.05, 3.63) is 38.9 Å². The standard InChI is InChI=1S/C13H16ClN3O4/c14-12-10(2-1-3-11(12)17(19)20)13(18)15-4-5-16-6-8-21-9-7-16/h1-3H,4-9H2,(H,15,18). The molecule has 1 amide bonds. The fraction of sp³-hybridized carbons (Fsp3) is 0.462. The molecule has 1 saturated heterocycles. The highest BCUT2D eigenvalue weighted by molar-refractivity contribution is 6.35. The van der Waals surface area contributed by atoms with E-state index in [1.54, 1.807) is 0 Å². The molecule has 0 spiro atoms. The number of nitro benzene ring substituents is 1. The number of nitrogens with zero attached hydrogens (tertiary/aromatic N) is 2. The predicted octanol–water partition coefficient (Wildman–Crippen LogP) is 1.31. The van der Waals surface area contributed by atoms with Gasteiger partial charge in [0.05, 0.1) is 23.7 Å². The van der Waals surface area contributed by atoms with E-state index in [4.69, 9.17) is 16.3 Å². The number of morpholine rings is 1. The molecule has 1 aromatic carbocycles. The molecule has 2 rings (SSSR count). The van der Waals surface area contributed by atoms with Gasteiger partial charge in [0.15, 0.2) is 0 Å². The van der Waals surface area contributed by atoms with Gasteiger partial charge in [-0.2, -0.15) is 0 Å². The Bertz CT molecular complexity index is 532. The van der Waals surface area contributed by atoms with Crippen LogP contribution in [0.2, 0.25) is 5.02 Å². The molecule has 0 radical (unpaired) electrons. The minimum absolute atomic E-state index is 0.118.